The molecule has 0 heterocycles. The highest BCUT2D eigenvalue weighted by Gasteiger charge is 2.27. The summed E-state index contributed by atoms with van der Waals surface area (Å²) in [6, 6.07) is 0. The van der Waals surface area contributed by atoms with E-state index in [1.165, 1.54) is 26.4 Å². The third-order valence-corrected chi connectivity index (χ3v) is 4.60. The predicted octanol–water partition coefficient (Wildman–Crippen LogP) is 4.20. The zero-order valence-electron chi connectivity index (χ0n) is 17.5. The molecule has 0 N–H and O–H groups in total. The van der Waals surface area contributed by atoms with Gasteiger partial charge in [-0.05, 0) is 46.3 Å². The average molecular weight is 437 g/mol. The lowest BCUT2D eigenvalue weighted by molar-refractivity contribution is -0.118. The number of carbonyl (C=O) groups excluding carboxylic acids is 4. The Labute approximate surface area is 182 Å². The van der Waals surface area contributed by atoms with E-state index in [4.69, 9.17) is 21.1 Å². The smallest absolute Gasteiger partial charge is 0.225 e. The Morgan fingerprint density at radius 1 is 0.867 bits per heavy atom. The molecular formula is C23H29ClO6. The van der Waals surface area contributed by atoms with Gasteiger partial charge in [0.15, 0.2) is 23.1 Å². The number of Topliss-reactive ketones (excluding diaryl/α,β-unsaturated/α-hetero) is 2. The maximum Gasteiger partial charge on any atom is 0.225 e. The number of rotatable bonds is 5. The van der Waals surface area contributed by atoms with Gasteiger partial charge in [-0.3, -0.25) is 19.2 Å². The minimum Gasteiger partial charge on any atom is -0.492 e. The van der Waals surface area contributed by atoms with Crippen LogP contribution in [0.5, 0.6) is 0 Å². The number of methoxy groups -OCH3 is 2. The van der Waals surface area contributed by atoms with E-state index in [-0.39, 0.29) is 53.5 Å². The third-order valence-electron chi connectivity index (χ3n) is 4.31. The van der Waals surface area contributed by atoms with E-state index in [0.29, 0.717) is 23.1 Å². The number of hydrogen-bond donors (Lipinski definition) is 0. The lowest BCUT2D eigenvalue weighted by Crippen LogP contribution is -2.19. The molecule has 0 bridgehead atoms. The molecule has 7 heteroatoms. The number of alkyl halides is 1. The zero-order valence-corrected chi connectivity index (χ0v) is 18.2. The van der Waals surface area contributed by atoms with Crippen LogP contribution in [0.1, 0.15) is 41.5 Å². The number of ether oxygens (including phenoxy) is 2. The quantitative estimate of drug-likeness (QED) is 0.364. The first-order valence-corrected chi connectivity index (χ1v) is 9.40. The summed E-state index contributed by atoms with van der Waals surface area (Å²) < 4.78 is 9.80. The number of hydrogen-bond acceptors (Lipinski definition) is 6. The Kier molecular flexibility index (Phi) is 11.0. The molecule has 0 radical (unpaired) electrons. The largest absolute Gasteiger partial charge is 0.492 e. The summed E-state index contributed by atoms with van der Waals surface area (Å²) in [5.74, 6) is -0.537. The van der Waals surface area contributed by atoms with Crippen LogP contribution in [0.15, 0.2) is 57.6 Å². The number of allylic oxidation sites excluding steroid dienone is 8. The van der Waals surface area contributed by atoms with Gasteiger partial charge >= 0.3 is 0 Å². The molecule has 0 aromatic rings. The Bertz CT molecular complexity index is 893. The summed E-state index contributed by atoms with van der Waals surface area (Å²) >= 11 is 5.49. The maximum atomic E-state index is 11.9. The van der Waals surface area contributed by atoms with Crippen molar-refractivity contribution in [1.82, 2.24) is 0 Å². The van der Waals surface area contributed by atoms with E-state index in [9.17, 15) is 19.2 Å². The summed E-state index contributed by atoms with van der Waals surface area (Å²) in [4.78, 5) is 46.2. The van der Waals surface area contributed by atoms with Gasteiger partial charge in [-0.25, -0.2) is 0 Å². The van der Waals surface area contributed by atoms with Crippen molar-refractivity contribution in [3.8, 4) is 0 Å². The second-order valence-corrected chi connectivity index (χ2v) is 6.93. The van der Waals surface area contributed by atoms with Crippen LogP contribution >= 0.6 is 11.6 Å². The molecule has 0 saturated heterocycles. The topological polar surface area (TPSA) is 86.7 Å². The Morgan fingerprint density at radius 2 is 1.27 bits per heavy atom. The first-order valence-electron chi connectivity index (χ1n) is 8.87. The normalized spacial score (nSPS) is 16.2. The fourth-order valence-electron chi connectivity index (χ4n) is 2.58. The highest BCUT2D eigenvalue weighted by molar-refractivity contribution is 6.29. The van der Waals surface area contributed by atoms with E-state index in [0.717, 1.165) is 5.57 Å². The van der Waals surface area contributed by atoms with Gasteiger partial charge in [0, 0.05) is 22.3 Å². The molecule has 0 unspecified atom stereocenters. The van der Waals surface area contributed by atoms with Gasteiger partial charge in [0.25, 0.3) is 0 Å². The van der Waals surface area contributed by atoms with Crippen LogP contribution in [0.3, 0.4) is 0 Å². The van der Waals surface area contributed by atoms with Gasteiger partial charge in [-0.1, -0.05) is 19.1 Å². The second kappa shape index (κ2) is 12.1. The van der Waals surface area contributed by atoms with Crippen LogP contribution in [-0.4, -0.2) is 43.2 Å². The van der Waals surface area contributed by atoms with Gasteiger partial charge in [0.05, 0.1) is 20.1 Å². The standard InChI is InChI=1S/C13H16O3.C9H9ClO3.CH4/c1-8(2)5-6-10-7-11(14)9(3)13(16-4)12(10)15;1-5-7(11)3-6(4-10)8(12)9(5)13-2;/h5,7H,6H2,1-4H3;3H,4H2,1-2H3;1H4. The summed E-state index contributed by atoms with van der Waals surface area (Å²) in [6.45, 7) is 7.07. The van der Waals surface area contributed by atoms with Crippen molar-refractivity contribution >= 4 is 34.7 Å². The molecular weight excluding hydrogens is 408 g/mol. The van der Waals surface area contributed by atoms with Crippen molar-refractivity contribution in [2.75, 3.05) is 20.1 Å². The van der Waals surface area contributed by atoms with Crippen LogP contribution in [0, 0.1) is 0 Å². The van der Waals surface area contributed by atoms with E-state index in [1.807, 2.05) is 19.9 Å². The molecule has 0 aromatic carbocycles. The summed E-state index contributed by atoms with van der Waals surface area (Å²) in [5, 5.41) is 0. The van der Waals surface area contributed by atoms with Gasteiger partial charge in [-0.2, -0.15) is 0 Å². The van der Waals surface area contributed by atoms with E-state index in [1.54, 1.807) is 13.8 Å². The Morgan fingerprint density at radius 3 is 1.63 bits per heavy atom. The van der Waals surface area contributed by atoms with Crippen molar-refractivity contribution in [2.45, 2.75) is 41.5 Å². The SMILES string of the molecule is C.COC1=C(C)C(=O)C=C(CC=C(C)C)C1=O.COC1=C(C)C(=O)C=C(CCl)C1=O. The van der Waals surface area contributed by atoms with Gasteiger partial charge in [-0.15, -0.1) is 11.6 Å². The zero-order chi connectivity index (χ0) is 22.3. The number of ketones is 4. The number of halogens is 1. The molecule has 6 nitrogen and oxygen atoms in total. The molecule has 2 rings (SSSR count). The summed E-state index contributed by atoms with van der Waals surface area (Å²) in [6.07, 6.45) is 5.06. The van der Waals surface area contributed by atoms with E-state index < -0.39 is 0 Å². The lowest BCUT2D eigenvalue weighted by Gasteiger charge is -2.14. The van der Waals surface area contributed by atoms with Gasteiger partial charge in [0.1, 0.15) is 0 Å². The molecule has 0 saturated carbocycles. The van der Waals surface area contributed by atoms with Crippen molar-refractivity contribution in [3.63, 3.8) is 0 Å². The first-order chi connectivity index (χ1) is 13.6. The van der Waals surface area contributed by atoms with Crippen LogP contribution in [-0.2, 0) is 28.7 Å². The van der Waals surface area contributed by atoms with Crippen LogP contribution in [0.2, 0.25) is 0 Å². The molecule has 164 valence electrons. The minimum atomic E-state index is -0.297. The first kappa shape index (κ1) is 27.3. The van der Waals surface area contributed by atoms with Gasteiger partial charge in [0.2, 0.25) is 11.6 Å². The molecule has 2 aliphatic rings. The van der Waals surface area contributed by atoms with Crippen LogP contribution in [0.4, 0.5) is 0 Å². The monoisotopic (exact) mass is 436 g/mol. The minimum absolute atomic E-state index is 0. The molecule has 0 amide bonds. The molecule has 0 aromatic heterocycles. The van der Waals surface area contributed by atoms with Crippen molar-refractivity contribution in [2.24, 2.45) is 0 Å². The summed E-state index contributed by atoms with van der Waals surface area (Å²) in [5.41, 5.74) is 2.61. The van der Waals surface area contributed by atoms with E-state index in [2.05, 4.69) is 0 Å². The second-order valence-electron chi connectivity index (χ2n) is 6.66. The lowest BCUT2D eigenvalue weighted by atomic mass is 9.93. The molecule has 30 heavy (non-hydrogen) atoms. The number of carbonyl (C=O) groups is 4. The molecule has 0 atom stereocenters. The predicted molar refractivity (Wildman–Crippen MR) is 117 cm³/mol. The Hall–Kier alpha value is -2.73. The fourth-order valence-corrected chi connectivity index (χ4v) is 2.78. The van der Waals surface area contributed by atoms with Crippen molar-refractivity contribution in [3.05, 3.63) is 57.6 Å². The average Bonchev–Trinajstić information content (AvgIpc) is 2.68. The molecule has 0 aliphatic heterocycles. The fraction of sp³-hybridized carbons (Fsp3) is 0.391. The van der Waals surface area contributed by atoms with Crippen LogP contribution < -0.4 is 0 Å². The van der Waals surface area contributed by atoms with Crippen LogP contribution in [0.25, 0.3) is 0 Å². The third kappa shape index (κ3) is 6.39. The highest BCUT2D eigenvalue weighted by atomic mass is 35.5. The van der Waals surface area contributed by atoms with Gasteiger partial charge < -0.3 is 9.47 Å². The van der Waals surface area contributed by atoms with E-state index >= 15 is 0 Å². The summed E-state index contributed by atoms with van der Waals surface area (Å²) in [7, 11) is 2.77. The molecule has 2 aliphatic carbocycles. The maximum absolute atomic E-state index is 11.9. The molecule has 0 spiro atoms. The highest BCUT2D eigenvalue weighted by Crippen LogP contribution is 2.22. The van der Waals surface area contributed by atoms with Crippen molar-refractivity contribution in [1.29, 1.82) is 0 Å². The Balaban J connectivity index is 0.000000553. The molecule has 0 fully saturated rings. The van der Waals surface area contributed by atoms with Crippen molar-refractivity contribution < 1.29 is 28.7 Å².